The lowest BCUT2D eigenvalue weighted by Gasteiger charge is -2.04. The molecule has 0 saturated carbocycles. The predicted molar refractivity (Wildman–Crippen MR) is 69.7 cm³/mol. The SMILES string of the molecule is O=C(N/N=C\c1ccn(CC(F)(F)F)n1)c1ccc(F)cc1. The van der Waals surface area contributed by atoms with Gasteiger partial charge < -0.3 is 0 Å². The number of carbonyl (C=O) groups excluding carboxylic acids is 1. The van der Waals surface area contributed by atoms with E-state index in [-0.39, 0.29) is 11.3 Å². The minimum atomic E-state index is -4.36. The summed E-state index contributed by atoms with van der Waals surface area (Å²) in [6.45, 7) is -1.21. The summed E-state index contributed by atoms with van der Waals surface area (Å²) in [5.41, 5.74) is 2.51. The summed E-state index contributed by atoms with van der Waals surface area (Å²) in [7, 11) is 0. The molecule has 1 aromatic carbocycles. The van der Waals surface area contributed by atoms with Crippen LogP contribution in [0.25, 0.3) is 0 Å². The van der Waals surface area contributed by atoms with Crippen molar-refractivity contribution in [1.82, 2.24) is 15.2 Å². The summed E-state index contributed by atoms with van der Waals surface area (Å²) >= 11 is 0. The van der Waals surface area contributed by atoms with Gasteiger partial charge in [-0.15, -0.1) is 0 Å². The number of halogens is 4. The van der Waals surface area contributed by atoms with Gasteiger partial charge in [0.25, 0.3) is 5.91 Å². The van der Waals surface area contributed by atoms with Crippen molar-refractivity contribution in [2.75, 3.05) is 0 Å². The van der Waals surface area contributed by atoms with Crippen molar-refractivity contribution in [1.29, 1.82) is 0 Å². The minimum Gasteiger partial charge on any atom is -0.267 e. The molecule has 22 heavy (non-hydrogen) atoms. The molecular weight excluding hydrogens is 304 g/mol. The maximum absolute atomic E-state index is 12.7. The number of benzene rings is 1. The molecule has 1 heterocycles. The molecule has 1 amide bonds. The molecule has 0 saturated heterocycles. The zero-order valence-corrected chi connectivity index (χ0v) is 11.0. The molecule has 5 nitrogen and oxygen atoms in total. The van der Waals surface area contributed by atoms with Crippen LogP contribution in [0.3, 0.4) is 0 Å². The van der Waals surface area contributed by atoms with Crippen LogP contribution in [0.4, 0.5) is 17.6 Å². The number of carbonyl (C=O) groups is 1. The molecule has 1 aromatic heterocycles. The molecule has 0 unspecified atom stereocenters. The molecule has 0 aliphatic rings. The van der Waals surface area contributed by atoms with Crippen LogP contribution in [-0.2, 0) is 6.54 Å². The van der Waals surface area contributed by atoms with Crippen LogP contribution in [0.2, 0.25) is 0 Å². The minimum absolute atomic E-state index is 0.156. The Morgan fingerprint density at radius 1 is 1.27 bits per heavy atom. The topological polar surface area (TPSA) is 59.3 Å². The number of hydrazone groups is 1. The number of nitrogens with zero attached hydrogens (tertiary/aromatic N) is 3. The highest BCUT2D eigenvalue weighted by molar-refractivity contribution is 5.94. The van der Waals surface area contributed by atoms with Crippen molar-refractivity contribution in [3.05, 3.63) is 53.6 Å². The zero-order chi connectivity index (χ0) is 16.2. The molecule has 0 spiro atoms. The summed E-state index contributed by atoms with van der Waals surface area (Å²) in [4.78, 5) is 11.6. The first kappa shape index (κ1) is 15.7. The normalized spacial score (nSPS) is 11.8. The molecule has 116 valence electrons. The molecular formula is C13H10F4N4O. The van der Waals surface area contributed by atoms with E-state index in [1.165, 1.54) is 18.2 Å². The molecule has 0 fully saturated rings. The quantitative estimate of drug-likeness (QED) is 0.535. The highest BCUT2D eigenvalue weighted by Crippen LogP contribution is 2.16. The highest BCUT2D eigenvalue weighted by atomic mass is 19.4. The average Bonchev–Trinajstić information content (AvgIpc) is 2.84. The standard InChI is InChI=1S/C13H10F4N4O/c14-10-3-1-9(2-4-10)12(22)19-18-7-11-5-6-21(20-11)8-13(15,16)17/h1-7H,8H2,(H,19,22)/b18-7-. The van der Waals surface area contributed by atoms with Crippen molar-refractivity contribution < 1.29 is 22.4 Å². The van der Waals surface area contributed by atoms with Gasteiger partial charge in [0.1, 0.15) is 18.1 Å². The maximum Gasteiger partial charge on any atom is 0.408 e. The Morgan fingerprint density at radius 2 is 1.95 bits per heavy atom. The van der Waals surface area contributed by atoms with Gasteiger partial charge in [-0.05, 0) is 30.3 Å². The van der Waals surface area contributed by atoms with E-state index in [1.54, 1.807) is 0 Å². The number of amides is 1. The fraction of sp³-hybridized carbons (Fsp3) is 0.154. The maximum atomic E-state index is 12.7. The molecule has 0 aliphatic heterocycles. The van der Waals surface area contributed by atoms with E-state index < -0.39 is 24.4 Å². The lowest BCUT2D eigenvalue weighted by atomic mass is 10.2. The fourth-order valence-electron chi connectivity index (χ4n) is 1.54. The van der Waals surface area contributed by atoms with Crippen LogP contribution in [0.5, 0.6) is 0 Å². The van der Waals surface area contributed by atoms with Crippen LogP contribution in [0, 0.1) is 5.82 Å². The molecule has 9 heteroatoms. The molecule has 2 rings (SSSR count). The van der Waals surface area contributed by atoms with Gasteiger partial charge in [-0.2, -0.15) is 23.4 Å². The van der Waals surface area contributed by atoms with Gasteiger partial charge in [-0.3, -0.25) is 9.48 Å². The molecule has 2 aromatic rings. The van der Waals surface area contributed by atoms with E-state index in [2.05, 4.69) is 15.6 Å². The number of nitrogens with one attached hydrogen (secondary N) is 1. The van der Waals surface area contributed by atoms with E-state index in [9.17, 15) is 22.4 Å². The van der Waals surface area contributed by atoms with E-state index in [0.29, 0.717) is 4.68 Å². The molecule has 0 aliphatic carbocycles. The van der Waals surface area contributed by atoms with Gasteiger partial charge in [0.05, 0.1) is 6.21 Å². The summed E-state index contributed by atoms with van der Waals surface area (Å²) < 4.78 is 49.8. The number of aromatic nitrogens is 2. The lowest BCUT2D eigenvalue weighted by Crippen LogP contribution is -2.18. The van der Waals surface area contributed by atoms with Crippen molar-refractivity contribution in [3.8, 4) is 0 Å². The van der Waals surface area contributed by atoms with Crippen LogP contribution < -0.4 is 5.43 Å². The Bertz CT molecular complexity index is 676. The van der Waals surface area contributed by atoms with E-state index in [1.807, 2.05) is 0 Å². The van der Waals surface area contributed by atoms with Crippen LogP contribution in [0.15, 0.2) is 41.6 Å². The van der Waals surface area contributed by atoms with Gasteiger partial charge in [0.2, 0.25) is 0 Å². The van der Waals surface area contributed by atoms with Gasteiger partial charge in [0, 0.05) is 11.8 Å². The molecule has 0 radical (unpaired) electrons. The number of alkyl halides is 3. The van der Waals surface area contributed by atoms with Gasteiger partial charge in [0.15, 0.2) is 0 Å². The smallest absolute Gasteiger partial charge is 0.267 e. The van der Waals surface area contributed by atoms with Crippen molar-refractivity contribution in [2.45, 2.75) is 12.7 Å². The van der Waals surface area contributed by atoms with Crippen LogP contribution in [-0.4, -0.2) is 28.1 Å². The second-order valence-electron chi connectivity index (χ2n) is 4.26. The van der Waals surface area contributed by atoms with E-state index >= 15 is 0 Å². The number of hydrogen-bond donors (Lipinski definition) is 1. The summed E-state index contributed by atoms with van der Waals surface area (Å²) in [6, 6.07) is 6.12. The summed E-state index contributed by atoms with van der Waals surface area (Å²) in [6.07, 6.45) is -2.11. The van der Waals surface area contributed by atoms with Crippen molar-refractivity contribution >= 4 is 12.1 Å². The highest BCUT2D eigenvalue weighted by Gasteiger charge is 2.28. The van der Waals surface area contributed by atoms with Crippen molar-refractivity contribution in [2.24, 2.45) is 5.10 Å². The third kappa shape index (κ3) is 4.69. The lowest BCUT2D eigenvalue weighted by molar-refractivity contribution is -0.142. The van der Waals surface area contributed by atoms with E-state index in [4.69, 9.17) is 0 Å². The Morgan fingerprint density at radius 3 is 2.59 bits per heavy atom. The Balaban J connectivity index is 1.92. The summed E-state index contributed by atoms with van der Waals surface area (Å²) in [5, 5.41) is 7.20. The van der Waals surface area contributed by atoms with E-state index in [0.717, 1.165) is 24.5 Å². The second-order valence-corrected chi connectivity index (χ2v) is 4.26. The number of hydrogen-bond acceptors (Lipinski definition) is 3. The largest absolute Gasteiger partial charge is 0.408 e. The monoisotopic (exact) mass is 314 g/mol. The first-order chi connectivity index (χ1) is 10.3. The Kier molecular flexibility index (Phi) is 4.54. The van der Waals surface area contributed by atoms with Crippen LogP contribution in [0.1, 0.15) is 16.1 Å². The van der Waals surface area contributed by atoms with Gasteiger partial charge in [-0.25, -0.2) is 9.82 Å². The third-order valence-corrected chi connectivity index (χ3v) is 2.47. The van der Waals surface area contributed by atoms with Crippen LogP contribution >= 0.6 is 0 Å². The summed E-state index contributed by atoms with van der Waals surface area (Å²) in [5.74, 6) is -1.05. The van der Waals surface area contributed by atoms with Gasteiger partial charge in [-0.1, -0.05) is 0 Å². The third-order valence-electron chi connectivity index (χ3n) is 2.47. The average molecular weight is 314 g/mol. The fourth-order valence-corrected chi connectivity index (χ4v) is 1.54. The molecule has 1 N–H and O–H groups in total. The number of rotatable bonds is 4. The van der Waals surface area contributed by atoms with Gasteiger partial charge >= 0.3 is 6.18 Å². The Hall–Kier alpha value is -2.71. The van der Waals surface area contributed by atoms with Crippen molar-refractivity contribution in [3.63, 3.8) is 0 Å². The zero-order valence-electron chi connectivity index (χ0n) is 11.0. The Labute approximate surface area is 122 Å². The first-order valence-corrected chi connectivity index (χ1v) is 6.03. The predicted octanol–water partition coefficient (Wildman–Crippen LogP) is 2.35. The second kappa shape index (κ2) is 6.37. The first-order valence-electron chi connectivity index (χ1n) is 6.03. The molecule has 0 bridgehead atoms. The molecule has 0 atom stereocenters.